The third kappa shape index (κ3) is 5.40. The van der Waals surface area contributed by atoms with Crippen LogP contribution < -0.4 is 0 Å². The van der Waals surface area contributed by atoms with Gasteiger partial charge in [-0.2, -0.15) is 0 Å². The fraction of sp³-hybridized carbons (Fsp3) is 0.818. The molecule has 0 heterocycles. The molecule has 0 amide bonds. The first-order chi connectivity index (χ1) is 7.02. The van der Waals surface area contributed by atoms with E-state index in [1.54, 1.807) is 6.92 Å². The molecule has 0 N–H and O–H groups in total. The lowest BCUT2D eigenvalue weighted by Gasteiger charge is -2.21. The highest BCUT2D eigenvalue weighted by Crippen LogP contribution is 2.17. The molecule has 0 radical (unpaired) electrons. The first kappa shape index (κ1) is 13.9. The molecule has 0 aromatic rings. The number of hydrogen-bond acceptors (Lipinski definition) is 4. The lowest BCUT2D eigenvalue weighted by atomic mass is 9.97. The quantitative estimate of drug-likeness (QED) is 0.636. The number of unbranched alkanes of at least 4 members (excludes halogenated alkanes) is 1. The van der Waals surface area contributed by atoms with Gasteiger partial charge in [-0.25, -0.2) is 0 Å². The molecule has 15 heavy (non-hydrogen) atoms. The number of carbonyl (C=O) groups excluding carboxylic acids is 2. The standard InChI is InChI=1S/C11H20O4/c1-5-6-7-10(11(13)14-4)8(2)15-9(3)12/h8,10H,5-7H2,1-4H3. The van der Waals surface area contributed by atoms with Crippen molar-refractivity contribution in [3.05, 3.63) is 0 Å². The van der Waals surface area contributed by atoms with Crippen LogP contribution in [0.2, 0.25) is 0 Å². The largest absolute Gasteiger partial charge is 0.469 e. The Morgan fingerprint density at radius 2 is 1.93 bits per heavy atom. The molecule has 0 aliphatic carbocycles. The highest BCUT2D eigenvalue weighted by atomic mass is 16.6. The Balaban J connectivity index is 4.32. The van der Waals surface area contributed by atoms with Crippen molar-refractivity contribution in [3.8, 4) is 0 Å². The van der Waals surface area contributed by atoms with E-state index in [1.165, 1.54) is 14.0 Å². The molecule has 4 heteroatoms. The summed E-state index contributed by atoms with van der Waals surface area (Å²) in [5.41, 5.74) is 0. The van der Waals surface area contributed by atoms with Gasteiger partial charge < -0.3 is 9.47 Å². The average molecular weight is 216 g/mol. The predicted molar refractivity (Wildman–Crippen MR) is 56.3 cm³/mol. The SMILES string of the molecule is CCCCC(C(=O)OC)C(C)OC(C)=O. The Bertz CT molecular complexity index is 213. The Morgan fingerprint density at radius 3 is 2.33 bits per heavy atom. The monoisotopic (exact) mass is 216 g/mol. The minimum absolute atomic E-state index is 0.308. The Morgan fingerprint density at radius 1 is 1.33 bits per heavy atom. The van der Waals surface area contributed by atoms with Crippen LogP contribution in [0.3, 0.4) is 0 Å². The number of carbonyl (C=O) groups is 2. The van der Waals surface area contributed by atoms with Crippen LogP contribution in [0.5, 0.6) is 0 Å². The van der Waals surface area contributed by atoms with Gasteiger partial charge in [-0.3, -0.25) is 9.59 Å². The second-order valence-corrected chi connectivity index (χ2v) is 3.59. The summed E-state index contributed by atoms with van der Waals surface area (Å²) in [6.45, 7) is 5.11. The van der Waals surface area contributed by atoms with Gasteiger partial charge >= 0.3 is 11.9 Å². The number of methoxy groups -OCH3 is 1. The van der Waals surface area contributed by atoms with Gasteiger partial charge in [0.15, 0.2) is 0 Å². The molecule has 88 valence electrons. The van der Waals surface area contributed by atoms with E-state index in [0.717, 1.165) is 12.8 Å². The summed E-state index contributed by atoms with van der Waals surface area (Å²) in [6.07, 6.45) is 2.20. The minimum atomic E-state index is -0.415. The Kier molecular flexibility index (Phi) is 6.75. The molecule has 0 aromatic carbocycles. The van der Waals surface area contributed by atoms with Crippen LogP contribution in [-0.2, 0) is 19.1 Å². The summed E-state index contributed by atoms with van der Waals surface area (Å²) < 4.78 is 9.67. The van der Waals surface area contributed by atoms with Crippen molar-refractivity contribution in [2.24, 2.45) is 5.92 Å². The van der Waals surface area contributed by atoms with Crippen LogP contribution in [0.1, 0.15) is 40.0 Å². The van der Waals surface area contributed by atoms with E-state index >= 15 is 0 Å². The molecule has 0 aliphatic rings. The van der Waals surface area contributed by atoms with Crippen LogP contribution >= 0.6 is 0 Å². The van der Waals surface area contributed by atoms with Crippen molar-refractivity contribution in [2.75, 3.05) is 7.11 Å². The van der Waals surface area contributed by atoms with Gasteiger partial charge in [0.25, 0.3) is 0 Å². The van der Waals surface area contributed by atoms with Crippen LogP contribution in [0.15, 0.2) is 0 Å². The molecule has 4 nitrogen and oxygen atoms in total. The maximum absolute atomic E-state index is 11.4. The Hall–Kier alpha value is -1.06. The maximum Gasteiger partial charge on any atom is 0.312 e. The van der Waals surface area contributed by atoms with Crippen molar-refractivity contribution in [3.63, 3.8) is 0 Å². The molecular weight excluding hydrogens is 196 g/mol. The first-order valence-electron chi connectivity index (χ1n) is 5.28. The molecule has 0 spiro atoms. The second kappa shape index (κ2) is 7.26. The van der Waals surface area contributed by atoms with E-state index in [9.17, 15) is 9.59 Å². The molecule has 0 aromatic heterocycles. The number of rotatable bonds is 6. The van der Waals surface area contributed by atoms with Crippen LogP contribution in [0, 0.1) is 5.92 Å². The fourth-order valence-electron chi connectivity index (χ4n) is 1.46. The summed E-state index contributed by atoms with van der Waals surface area (Å²) in [5.74, 6) is -1.02. The van der Waals surface area contributed by atoms with Gasteiger partial charge in [0, 0.05) is 6.92 Å². The lowest BCUT2D eigenvalue weighted by Crippen LogP contribution is -2.30. The highest BCUT2D eigenvalue weighted by Gasteiger charge is 2.27. The van der Waals surface area contributed by atoms with Gasteiger partial charge in [0.05, 0.1) is 13.0 Å². The van der Waals surface area contributed by atoms with Gasteiger partial charge in [-0.05, 0) is 13.3 Å². The van der Waals surface area contributed by atoms with Crippen LogP contribution in [-0.4, -0.2) is 25.2 Å². The number of esters is 2. The molecule has 0 bridgehead atoms. The fourth-order valence-corrected chi connectivity index (χ4v) is 1.46. The highest BCUT2D eigenvalue weighted by molar-refractivity contribution is 5.74. The van der Waals surface area contributed by atoms with E-state index in [2.05, 4.69) is 4.74 Å². The molecule has 0 rings (SSSR count). The maximum atomic E-state index is 11.4. The summed E-state index contributed by atoms with van der Waals surface area (Å²) in [7, 11) is 1.35. The van der Waals surface area contributed by atoms with Crippen molar-refractivity contribution in [2.45, 2.75) is 46.1 Å². The zero-order valence-corrected chi connectivity index (χ0v) is 9.91. The predicted octanol–water partition coefficient (Wildman–Crippen LogP) is 1.92. The van der Waals surface area contributed by atoms with E-state index in [-0.39, 0.29) is 17.9 Å². The third-order valence-electron chi connectivity index (χ3n) is 2.29. The smallest absolute Gasteiger partial charge is 0.312 e. The lowest BCUT2D eigenvalue weighted by molar-refractivity contribution is -0.158. The van der Waals surface area contributed by atoms with Gasteiger partial charge in [-0.15, -0.1) is 0 Å². The third-order valence-corrected chi connectivity index (χ3v) is 2.29. The second-order valence-electron chi connectivity index (χ2n) is 3.59. The zero-order valence-electron chi connectivity index (χ0n) is 9.91. The number of hydrogen-bond donors (Lipinski definition) is 0. The summed E-state index contributed by atoms with van der Waals surface area (Å²) in [5, 5.41) is 0. The molecular formula is C11H20O4. The Labute approximate surface area is 90.9 Å². The minimum Gasteiger partial charge on any atom is -0.469 e. The van der Waals surface area contributed by atoms with E-state index < -0.39 is 6.10 Å². The van der Waals surface area contributed by atoms with E-state index in [1.807, 2.05) is 6.92 Å². The molecule has 0 saturated heterocycles. The topological polar surface area (TPSA) is 52.6 Å². The van der Waals surface area contributed by atoms with Crippen molar-refractivity contribution < 1.29 is 19.1 Å². The normalized spacial score (nSPS) is 14.1. The van der Waals surface area contributed by atoms with Crippen LogP contribution in [0.25, 0.3) is 0 Å². The van der Waals surface area contributed by atoms with E-state index in [4.69, 9.17) is 4.74 Å². The summed E-state index contributed by atoms with van der Waals surface area (Å²) in [4.78, 5) is 22.2. The van der Waals surface area contributed by atoms with Crippen molar-refractivity contribution in [1.29, 1.82) is 0 Å². The summed E-state index contributed by atoms with van der Waals surface area (Å²) in [6, 6.07) is 0. The van der Waals surface area contributed by atoms with Gasteiger partial charge in [0.2, 0.25) is 0 Å². The molecule has 2 atom stereocenters. The molecule has 0 fully saturated rings. The van der Waals surface area contributed by atoms with E-state index in [0.29, 0.717) is 6.42 Å². The van der Waals surface area contributed by atoms with Crippen molar-refractivity contribution >= 4 is 11.9 Å². The summed E-state index contributed by atoms with van der Waals surface area (Å²) >= 11 is 0. The molecule has 0 saturated carbocycles. The first-order valence-corrected chi connectivity index (χ1v) is 5.28. The number of ether oxygens (including phenoxy) is 2. The van der Waals surface area contributed by atoms with Gasteiger partial charge in [-0.1, -0.05) is 19.8 Å². The van der Waals surface area contributed by atoms with Gasteiger partial charge in [0.1, 0.15) is 6.10 Å². The molecule has 0 aliphatic heterocycles. The molecule has 2 unspecified atom stereocenters. The zero-order chi connectivity index (χ0) is 11.8. The van der Waals surface area contributed by atoms with Crippen LogP contribution in [0.4, 0.5) is 0 Å². The average Bonchev–Trinajstić information content (AvgIpc) is 2.16. The van der Waals surface area contributed by atoms with Crippen molar-refractivity contribution in [1.82, 2.24) is 0 Å².